The first-order chi connectivity index (χ1) is 10.0. The number of halogens is 5. The van der Waals surface area contributed by atoms with Gasteiger partial charge in [0.2, 0.25) is 0 Å². The predicted octanol–water partition coefficient (Wildman–Crippen LogP) is 5.58. The highest BCUT2D eigenvalue weighted by molar-refractivity contribution is 6.30. The van der Waals surface area contributed by atoms with Gasteiger partial charge in [0.05, 0.1) is 0 Å². The van der Waals surface area contributed by atoms with Crippen LogP contribution in [-0.2, 0) is 11.8 Å². The zero-order chi connectivity index (χ0) is 15.5. The van der Waals surface area contributed by atoms with E-state index in [4.69, 9.17) is 34.8 Å². The second-order valence-electron chi connectivity index (χ2n) is 4.94. The first-order valence-corrected chi connectivity index (χ1v) is 7.78. The normalized spacial score (nSPS) is 11.7. The molecule has 0 aliphatic heterocycles. The molecule has 0 fully saturated rings. The highest BCUT2D eigenvalue weighted by Gasteiger charge is 2.34. The van der Waals surface area contributed by atoms with Gasteiger partial charge in [0.25, 0.3) is 0 Å². The average molecular weight is 350 g/mol. The molecule has 0 spiro atoms. The molecule has 0 saturated carbocycles. The lowest BCUT2D eigenvalue weighted by molar-refractivity contribution is 0.478. The van der Waals surface area contributed by atoms with Gasteiger partial charge in [0.15, 0.2) is 0 Å². The molecule has 0 N–H and O–H groups in total. The van der Waals surface area contributed by atoms with Gasteiger partial charge in [-0.15, -0.1) is 23.2 Å². The Morgan fingerprint density at radius 2 is 1.57 bits per heavy atom. The van der Waals surface area contributed by atoms with Gasteiger partial charge >= 0.3 is 0 Å². The van der Waals surface area contributed by atoms with E-state index in [0.717, 1.165) is 0 Å². The summed E-state index contributed by atoms with van der Waals surface area (Å²) in [5.41, 5.74) is -0.0725. The maximum Gasteiger partial charge on any atom is 0.127 e. The van der Waals surface area contributed by atoms with Gasteiger partial charge < -0.3 is 0 Å². The van der Waals surface area contributed by atoms with Gasteiger partial charge in [-0.2, -0.15) is 0 Å². The van der Waals surface area contributed by atoms with E-state index in [0.29, 0.717) is 16.1 Å². The minimum atomic E-state index is -0.872. The molecule has 2 rings (SSSR count). The largest absolute Gasteiger partial charge is 0.207 e. The minimum absolute atomic E-state index is 0.0828. The molecule has 0 aliphatic rings. The van der Waals surface area contributed by atoms with E-state index in [2.05, 4.69) is 0 Å². The summed E-state index contributed by atoms with van der Waals surface area (Å²) in [7, 11) is 0. The number of hydrogen-bond donors (Lipinski definition) is 0. The van der Waals surface area contributed by atoms with Crippen molar-refractivity contribution in [3.63, 3.8) is 0 Å². The number of benzene rings is 2. The lowest BCUT2D eigenvalue weighted by Gasteiger charge is -2.31. The minimum Gasteiger partial charge on any atom is -0.207 e. The van der Waals surface area contributed by atoms with Crippen LogP contribution >= 0.6 is 34.8 Å². The van der Waals surface area contributed by atoms with Crippen LogP contribution in [-0.4, -0.2) is 11.8 Å². The summed E-state index contributed by atoms with van der Waals surface area (Å²) in [5.74, 6) is -0.675. The molecular weight excluding hydrogens is 337 g/mol. The maximum absolute atomic E-state index is 14.1. The highest BCUT2D eigenvalue weighted by Crippen LogP contribution is 2.34. The molecule has 112 valence electrons. The van der Waals surface area contributed by atoms with Crippen molar-refractivity contribution in [1.29, 1.82) is 0 Å². The van der Waals surface area contributed by atoms with Crippen LogP contribution in [0.3, 0.4) is 0 Å². The molecule has 2 aromatic rings. The smallest absolute Gasteiger partial charge is 0.127 e. The van der Waals surface area contributed by atoms with Gasteiger partial charge in [0, 0.05) is 22.2 Å². The van der Waals surface area contributed by atoms with Crippen LogP contribution in [0, 0.1) is 11.6 Å². The molecule has 2 aromatic carbocycles. The van der Waals surface area contributed by atoms with Crippen molar-refractivity contribution in [2.24, 2.45) is 0 Å². The second kappa shape index (κ2) is 6.95. The summed E-state index contributed by atoms with van der Waals surface area (Å²) in [6.45, 7) is 0. The molecular formula is C16H13Cl3F2. The van der Waals surface area contributed by atoms with E-state index >= 15 is 0 Å². The van der Waals surface area contributed by atoms with E-state index in [1.807, 2.05) is 0 Å². The van der Waals surface area contributed by atoms with Crippen molar-refractivity contribution in [3.05, 3.63) is 70.2 Å². The topological polar surface area (TPSA) is 0 Å². The summed E-state index contributed by atoms with van der Waals surface area (Å²) in [6.07, 6.45) is 0.198. The van der Waals surface area contributed by atoms with Crippen molar-refractivity contribution < 1.29 is 8.78 Å². The quantitative estimate of drug-likeness (QED) is 0.618. The molecule has 0 saturated heterocycles. The highest BCUT2D eigenvalue weighted by atomic mass is 35.5. The van der Waals surface area contributed by atoms with Gasteiger partial charge in [-0.1, -0.05) is 35.9 Å². The van der Waals surface area contributed by atoms with Crippen molar-refractivity contribution >= 4 is 34.8 Å². The van der Waals surface area contributed by atoms with Crippen LogP contribution in [0.2, 0.25) is 5.02 Å². The Bertz CT molecular complexity index is 625. The van der Waals surface area contributed by atoms with Crippen LogP contribution < -0.4 is 0 Å². The van der Waals surface area contributed by atoms with Crippen molar-refractivity contribution in [2.45, 2.75) is 11.8 Å². The molecule has 0 aliphatic carbocycles. The van der Waals surface area contributed by atoms with Crippen molar-refractivity contribution in [1.82, 2.24) is 0 Å². The predicted molar refractivity (Wildman–Crippen MR) is 84.6 cm³/mol. The van der Waals surface area contributed by atoms with Crippen molar-refractivity contribution in [2.75, 3.05) is 11.8 Å². The van der Waals surface area contributed by atoms with Crippen LogP contribution in [0.1, 0.15) is 11.1 Å². The van der Waals surface area contributed by atoms with E-state index < -0.39 is 17.0 Å². The third-order valence-corrected chi connectivity index (χ3v) is 4.76. The van der Waals surface area contributed by atoms with E-state index in [9.17, 15) is 8.78 Å². The Kier molecular flexibility index (Phi) is 5.48. The molecule has 0 amide bonds. The first-order valence-electron chi connectivity index (χ1n) is 6.33. The third kappa shape index (κ3) is 3.50. The van der Waals surface area contributed by atoms with Crippen LogP contribution in [0.5, 0.6) is 0 Å². The van der Waals surface area contributed by atoms with Crippen LogP contribution in [0.15, 0.2) is 42.5 Å². The summed E-state index contributed by atoms with van der Waals surface area (Å²) >= 11 is 17.9. The van der Waals surface area contributed by atoms with E-state index in [1.54, 1.807) is 30.3 Å². The monoisotopic (exact) mass is 348 g/mol. The average Bonchev–Trinajstić information content (AvgIpc) is 2.48. The Morgan fingerprint density at radius 1 is 0.905 bits per heavy atom. The first kappa shape index (κ1) is 16.5. The van der Waals surface area contributed by atoms with Gasteiger partial charge in [-0.05, 0) is 35.7 Å². The molecule has 0 nitrogen and oxygen atoms in total. The summed E-state index contributed by atoms with van der Waals surface area (Å²) in [6, 6.07) is 10.7. The lowest BCUT2D eigenvalue weighted by atomic mass is 9.78. The van der Waals surface area contributed by atoms with E-state index in [1.165, 1.54) is 12.1 Å². The lowest BCUT2D eigenvalue weighted by Crippen LogP contribution is -2.34. The van der Waals surface area contributed by atoms with Gasteiger partial charge in [-0.25, -0.2) is 8.78 Å². The molecule has 0 unspecified atom stereocenters. The molecule has 21 heavy (non-hydrogen) atoms. The SMILES string of the molecule is Fc1cc(Cl)ccc1CC(CCl)(CCl)c1ccccc1F. The van der Waals surface area contributed by atoms with Gasteiger partial charge in [0.1, 0.15) is 11.6 Å². The zero-order valence-electron chi connectivity index (χ0n) is 11.1. The Morgan fingerprint density at radius 3 is 2.14 bits per heavy atom. The Hall–Kier alpha value is -0.830. The number of hydrogen-bond acceptors (Lipinski definition) is 0. The summed E-state index contributed by atoms with van der Waals surface area (Å²) < 4.78 is 28.1. The summed E-state index contributed by atoms with van der Waals surface area (Å²) in [5, 5.41) is 0.310. The summed E-state index contributed by atoms with van der Waals surface area (Å²) in [4.78, 5) is 0. The Labute approximate surface area is 137 Å². The maximum atomic E-state index is 14.1. The molecule has 0 atom stereocenters. The fraction of sp³-hybridized carbons (Fsp3) is 0.250. The van der Waals surface area contributed by atoms with E-state index in [-0.39, 0.29) is 18.2 Å². The third-order valence-electron chi connectivity index (χ3n) is 3.50. The van der Waals surface area contributed by atoms with Crippen LogP contribution in [0.25, 0.3) is 0 Å². The number of rotatable bonds is 5. The molecule has 0 heterocycles. The van der Waals surface area contributed by atoms with Crippen LogP contribution in [0.4, 0.5) is 8.78 Å². The fourth-order valence-electron chi connectivity index (χ4n) is 2.29. The standard InChI is InChI=1S/C16H13Cl3F2/c17-9-16(10-18,13-3-1-2-4-14(13)20)8-11-5-6-12(19)7-15(11)21/h1-7H,8-10H2. The molecule has 5 heteroatoms. The van der Waals surface area contributed by atoms with Gasteiger partial charge in [-0.3, -0.25) is 0 Å². The second-order valence-corrected chi connectivity index (χ2v) is 5.91. The van der Waals surface area contributed by atoms with Crippen molar-refractivity contribution in [3.8, 4) is 0 Å². The zero-order valence-corrected chi connectivity index (χ0v) is 13.3. The molecule has 0 bridgehead atoms. The molecule has 0 radical (unpaired) electrons. The fourth-order valence-corrected chi connectivity index (χ4v) is 3.21. The molecule has 0 aromatic heterocycles. The Balaban J connectivity index is 2.46. The number of alkyl halides is 2.